The average Bonchev–Trinajstić information content (AvgIpc) is 3.03. The minimum absolute atomic E-state index is 0.0411. The van der Waals surface area contributed by atoms with Crippen LogP contribution in [0.25, 0.3) is 0 Å². The highest BCUT2D eigenvalue weighted by Gasteiger charge is 2.27. The summed E-state index contributed by atoms with van der Waals surface area (Å²) in [5.74, 6) is -1.04. The van der Waals surface area contributed by atoms with E-state index in [1.807, 2.05) is 25.1 Å². The second-order valence-corrected chi connectivity index (χ2v) is 7.69. The Hall–Kier alpha value is -2.98. The normalized spacial score (nSPS) is 10.2. The molecule has 0 aliphatic heterocycles. The fraction of sp³-hybridized carbons (Fsp3) is 0.333. The van der Waals surface area contributed by atoms with Crippen LogP contribution in [-0.4, -0.2) is 42.8 Å². The number of hydrogen-bond donors (Lipinski definition) is 2. The Morgan fingerprint density at radius 3 is 2.32 bits per heavy atom. The number of ether oxygens (including phenoxy) is 3. The molecular formula is C21H24N2O6S2. The predicted octanol–water partition coefficient (Wildman–Crippen LogP) is 3.61. The molecule has 0 aliphatic rings. The molecule has 166 valence electrons. The van der Waals surface area contributed by atoms with Crippen molar-refractivity contribution < 1.29 is 28.6 Å². The molecule has 0 unspecified atom stereocenters. The summed E-state index contributed by atoms with van der Waals surface area (Å²) in [6.45, 7) is 6.99. The van der Waals surface area contributed by atoms with Gasteiger partial charge in [0.2, 0.25) is 0 Å². The number of thiophene rings is 1. The Kier molecular flexibility index (Phi) is 8.95. The maximum atomic E-state index is 12.4. The van der Waals surface area contributed by atoms with Gasteiger partial charge in [-0.05, 0) is 57.1 Å². The first-order valence-electron chi connectivity index (χ1n) is 9.55. The monoisotopic (exact) mass is 464 g/mol. The van der Waals surface area contributed by atoms with Crippen molar-refractivity contribution in [3.05, 3.63) is 45.8 Å². The fourth-order valence-electron chi connectivity index (χ4n) is 2.60. The predicted molar refractivity (Wildman–Crippen MR) is 122 cm³/mol. The smallest absolute Gasteiger partial charge is 0.348 e. The first-order valence-corrected chi connectivity index (χ1v) is 10.8. The fourth-order valence-corrected chi connectivity index (χ4v) is 3.97. The van der Waals surface area contributed by atoms with Crippen LogP contribution in [0.3, 0.4) is 0 Å². The van der Waals surface area contributed by atoms with Crippen LogP contribution in [0.1, 0.15) is 45.0 Å². The molecule has 0 spiro atoms. The number of nitrogens with one attached hydrogen (secondary N) is 2. The van der Waals surface area contributed by atoms with E-state index >= 15 is 0 Å². The van der Waals surface area contributed by atoms with Crippen molar-refractivity contribution in [1.29, 1.82) is 0 Å². The van der Waals surface area contributed by atoms with Crippen LogP contribution in [0.2, 0.25) is 0 Å². The van der Waals surface area contributed by atoms with Gasteiger partial charge in [0.25, 0.3) is 5.91 Å². The standard InChI is InChI=1S/C21H24N2O6S2/c1-5-27-19(25)16-13(4)17(20(26)28-6-2)31-18(16)23-21(30)22-15(24)11-29-14-10-8-7-9-12(14)3/h7-10H,5-6,11H2,1-4H3,(H2,22,23,24,30). The van der Waals surface area contributed by atoms with Crippen molar-refractivity contribution in [3.63, 3.8) is 0 Å². The lowest BCUT2D eigenvalue weighted by molar-refractivity contribution is -0.121. The molecule has 0 saturated heterocycles. The van der Waals surface area contributed by atoms with Gasteiger partial charge in [0.1, 0.15) is 15.6 Å². The molecular weight excluding hydrogens is 440 g/mol. The second kappa shape index (κ2) is 11.4. The highest BCUT2D eigenvalue weighted by molar-refractivity contribution is 7.80. The van der Waals surface area contributed by atoms with E-state index in [9.17, 15) is 14.4 Å². The van der Waals surface area contributed by atoms with E-state index in [-0.39, 0.29) is 40.4 Å². The quantitative estimate of drug-likeness (QED) is 0.451. The second-order valence-electron chi connectivity index (χ2n) is 6.26. The minimum Gasteiger partial charge on any atom is -0.483 e. The Balaban J connectivity index is 2.10. The summed E-state index contributed by atoms with van der Waals surface area (Å²) in [7, 11) is 0. The minimum atomic E-state index is -0.605. The maximum Gasteiger partial charge on any atom is 0.348 e. The summed E-state index contributed by atoms with van der Waals surface area (Å²) in [5.41, 5.74) is 1.49. The van der Waals surface area contributed by atoms with Gasteiger partial charge in [-0.2, -0.15) is 0 Å². The largest absolute Gasteiger partial charge is 0.483 e. The summed E-state index contributed by atoms with van der Waals surface area (Å²) in [4.78, 5) is 37.1. The maximum absolute atomic E-state index is 12.4. The molecule has 1 aromatic heterocycles. The Morgan fingerprint density at radius 1 is 1.03 bits per heavy atom. The van der Waals surface area contributed by atoms with Crippen LogP contribution in [0, 0.1) is 13.8 Å². The Morgan fingerprint density at radius 2 is 1.68 bits per heavy atom. The third kappa shape index (κ3) is 6.50. The molecule has 0 atom stereocenters. The topological polar surface area (TPSA) is 103 Å². The molecule has 1 aromatic carbocycles. The molecule has 10 heteroatoms. The van der Waals surface area contributed by atoms with Crippen LogP contribution in [0.15, 0.2) is 24.3 Å². The van der Waals surface area contributed by atoms with Crippen molar-refractivity contribution in [2.75, 3.05) is 25.1 Å². The molecule has 2 N–H and O–H groups in total. The van der Waals surface area contributed by atoms with Crippen LogP contribution >= 0.6 is 23.6 Å². The molecule has 0 radical (unpaired) electrons. The number of para-hydroxylation sites is 1. The van der Waals surface area contributed by atoms with Crippen molar-refractivity contribution in [2.24, 2.45) is 0 Å². The first-order chi connectivity index (χ1) is 14.8. The van der Waals surface area contributed by atoms with Crippen molar-refractivity contribution in [3.8, 4) is 5.75 Å². The first kappa shape index (κ1) is 24.3. The van der Waals surface area contributed by atoms with Crippen molar-refractivity contribution >= 4 is 51.5 Å². The lowest BCUT2D eigenvalue weighted by Crippen LogP contribution is -2.37. The lowest BCUT2D eigenvalue weighted by atomic mass is 10.1. The average molecular weight is 465 g/mol. The summed E-state index contributed by atoms with van der Waals surface area (Å²) >= 11 is 6.19. The number of carbonyl (C=O) groups excluding carboxylic acids is 3. The number of benzene rings is 1. The zero-order valence-electron chi connectivity index (χ0n) is 17.7. The molecule has 1 heterocycles. The molecule has 0 bridgehead atoms. The molecule has 0 fully saturated rings. The summed E-state index contributed by atoms with van der Waals surface area (Å²) in [5, 5.41) is 5.54. The van der Waals surface area contributed by atoms with Crippen molar-refractivity contribution in [2.45, 2.75) is 27.7 Å². The highest BCUT2D eigenvalue weighted by Crippen LogP contribution is 2.34. The highest BCUT2D eigenvalue weighted by atomic mass is 32.1. The Labute approximate surface area is 189 Å². The molecule has 31 heavy (non-hydrogen) atoms. The molecule has 2 aromatic rings. The number of anilines is 1. The zero-order chi connectivity index (χ0) is 23.0. The van der Waals surface area contributed by atoms with E-state index in [0.717, 1.165) is 16.9 Å². The molecule has 0 aliphatic carbocycles. The van der Waals surface area contributed by atoms with E-state index in [4.69, 9.17) is 26.4 Å². The van der Waals surface area contributed by atoms with Gasteiger partial charge in [-0.25, -0.2) is 9.59 Å². The van der Waals surface area contributed by atoms with Crippen LogP contribution in [0.4, 0.5) is 5.00 Å². The third-order valence-corrected chi connectivity index (χ3v) is 5.41. The molecule has 8 nitrogen and oxygen atoms in total. The summed E-state index contributed by atoms with van der Waals surface area (Å²) in [6, 6.07) is 7.31. The van der Waals surface area contributed by atoms with E-state index in [0.29, 0.717) is 11.3 Å². The van der Waals surface area contributed by atoms with Gasteiger partial charge >= 0.3 is 11.9 Å². The van der Waals surface area contributed by atoms with Gasteiger partial charge in [-0.3, -0.25) is 10.1 Å². The van der Waals surface area contributed by atoms with Crippen molar-refractivity contribution in [1.82, 2.24) is 5.32 Å². The van der Waals surface area contributed by atoms with Gasteiger partial charge < -0.3 is 19.5 Å². The van der Waals surface area contributed by atoms with Gasteiger partial charge in [0.15, 0.2) is 11.7 Å². The third-order valence-electron chi connectivity index (χ3n) is 4.02. The van der Waals surface area contributed by atoms with Gasteiger partial charge in [-0.1, -0.05) is 18.2 Å². The number of rotatable bonds is 8. The number of amides is 1. The van der Waals surface area contributed by atoms with Gasteiger partial charge in [0, 0.05) is 0 Å². The van der Waals surface area contributed by atoms with E-state index in [1.54, 1.807) is 26.8 Å². The number of esters is 2. The van der Waals surface area contributed by atoms with Crippen LogP contribution in [0.5, 0.6) is 5.75 Å². The lowest BCUT2D eigenvalue weighted by Gasteiger charge is -2.11. The van der Waals surface area contributed by atoms with Crippen LogP contribution in [-0.2, 0) is 14.3 Å². The van der Waals surface area contributed by atoms with E-state index < -0.39 is 17.8 Å². The zero-order valence-corrected chi connectivity index (χ0v) is 19.3. The Bertz CT molecular complexity index is 986. The molecule has 1 amide bonds. The van der Waals surface area contributed by atoms with Gasteiger partial charge in [0.05, 0.1) is 18.8 Å². The number of hydrogen-bond acceptors (Lipinski definition) is 8. The SMILES string of the molecule is CCOC(=O)c1sc(NC(=S)NC(=O)COc2ccccc2C)c(C(=O)OCC)c1C. The molecule has 2 rings (SSSR count). The number of carbonyl (C=O) groups is 3. The number of thiocarbonyl (C=S) groups is 1. The van der Waals surface area contributed by atoms with Gasteiger partial charge in [-0.15, -0.1) is 11.3 Å². The molecule has 0 saturated carbocycles. The summed E-state index contributed by atoms with van der Waals surface area (Å²) in [6.07, 6.45) is 0. The van der Waals surface area contributed by atoms with Crippen LogP contribution < -0.4 is 15.4 Å². The number of aryl methyl sites for hydroxylation is 1. The van der Waals surface area contributed by atoms with E-state index in [1.165, 1.54) is 0 Å². The summed E-state index contributed by atoms with van der Waals surface area (Å²) < 4.78 is 15.6. The van der Waals surface area contributed by atoms with E-state index in [2.05, 4.69) is 10.6 Å².